The predicted octanol–water partition coefficient (Wildman–Crippen LogP) is 4.62. The van der Waals surface area contributed by atoms with Crippen LogP contribution in [-0.2, 0) is 6.42 Å². The van der Waals surface area contributed by atoms with Crippen LogP contribution < -0.4 is 5.73 Å². The summed E-state index contributed by atoms with van der Waals surface area (Å²) in [6.07, 6.45) is 0.461. The summed E-state index contributed by atoms with van der Waals surface area (Å²) >= 11 is 1.12. The maximum absolute atomic E-state index is 14.2. The summed E-state index contributed by atoms with van der Waals surface area (Å²) in [5.74, 6) is -1.06. The van der Waals surface area contributed by atoms with Crippen LogP contribution in [0.15, 0.2) is 40.1 Å². The molecule has 1 atom stereocenters. The van der Waals surface area contributed by atoms with Crippen LogP contribution in [0.1, 0.15) is 23.6 Å². The first-order chi connectivity index (χ1) is 9.86. The van der Waals surface area contributed by atoms with Crippen molar-refractivity contribution in [2.45, 2.75) is 43.0 Å². The first-order valence-corrected chi connectivity index (χ1v) is 7.67. The smallest absolute Gasteiger partial charge is 0.140 e. The molecule has 1 nitrogen and oxygen atoms in total. The highest BCUT2D eigenvalue weighted by molar-refractivity contribution is 7.99. The number of hydrogen-bond acceptors (Lipinski definition) is 2. The van der Waals surface area contributed by atoms with Gasteiger partial charge in [-0.15, -0.1) is 0 Å². The van der Waals surface area contributed by atoms with E-state index in [2.05, 4.69) is 0 Å². The van der Waals surface area contributed by atoms with E-state index in [4.69, 9.17) is 5.73 Å². The monoisotopic (exact) mass is 307 g/mol. The standard InChI is InChI=1S/C17H19F2NS/c1-10-4-5-16(11(2)6-10)21-17-14(18)8-13(7-12(3)20)9-15(17)19/h4-6,8-9,12H,7,20H2,1-3H3. The number of halogens is 2. The third-order valence-corrected chi connectivity index (χ3v) is 4.43. The van der Waals surface area contributed by atoms with Crippen molar-refractivity contribution in [3.05, 3.63) is 58.7 Å². The Morgan fingerprint density at radius 2 is 1.71 bits per heavy atom. The minimum atomic E-state index is -0.532. The SMILES string of the molecule is Cc1ccc(Sc2c(F)cc(CC(C)N)cc2F)c(C)c1. The molecule has 4 heteroatoms. The molecule has 0 spiro atoms. The molecule has 21 heavy (non-hydrogen) atoms. The molecule has 2 rings (SSSR count). The van der Waals surface area contributed by atoms with Crippen LogP contribution >= 0.6 is 11.8 Å². The summed E-state index contributed by atoms with van der Waals surface area (Å²) in [6, 6.07) is 8.46. The van der Waals surface area contributed by atoms with Gasteiger partial charge >= 0.3 is 0 Å². The quantitative estimate of drug-likeness (QED) is 0.891. The second-order valence-electron chi connectivity index (χ2n) is 5.44. The fourth-order valence-electron chi connectivity index (χ4n) is 2.22. The summed E-state index contributed by atoms with van der Waals surface area (Å²) in [5.41, 5.74) is 8.40. The van der Waals surface area contributed by atoms with Crippen LogP contribution in [0.5, 0.6) is 0 Å². The summed E-state index contributed by atoms with van der Waals surface area (Å²) in [4.78, 5) is 0.897. The van der Waals surface area contributed by atoms with Gasteiger partial charge in [-0.3, -0.25) is 0 Å². The van der Waals surface area contributed by atoms with Gasteiger partial charge in [0.05, 0.1) is 4.90 Å². The van der Waals surface area contributed by atoms with E-state index in [1.165, 1.54) is 12.1 Å². The van der Waals surface area contributed by atoms with E-state index in [0.29, 0.717) is 12.0 Å². The lowest BCUT2D eigenvalue weighted by Gasteiger charge is -2.11. The molecule has 0 bridgehead atoms. The summed E-state index contributed by atoms with van der Waals surface area (Å²) < 4.78 is 28.3. The average Bonchev–Trinajstić information content (AvgIpc) is 2.35. The molecule has 2 N–H and O–H groups in total. The third-order valence-electron chi connectivity index (χ3n) is 3.16. The highest BCUT2D eigenvalue weighted by atomic mass is 32.2. The molecule has 2 aromatic rings. The predicted molar refractivity (Wildman–Crippen MR) is 83.8 cm³/mol. The molecule has 0 saturated carbocycles. The first-order valence-electron chi connectivity index (χ1n) is 6.85. The van der Waals surface area contributed by atoms with Crippen molar-refractivity contribution in [1.82, 2.24) is 0 Å². The lowest BCUT2D eigenvalue weighted by molar-refractivity contribution is 0.535. The van der Waals surface area contributed by atoms with Gasteiger partial charge in [-0.05, 0) is 56.5 Å². The van der Waals surface area contributed by atoms with Crippen molar-refractivity contribution < 1.29 is 8.78 Å². The lowest BCUT2D eigenvalue weighted by Crippen LogP contribution is -2.18. The molecule has 1 unspecified atom stereocenters. The second-order valence-corrected chi connectivity index (χ2v) is 6.49. The van der Waals surface area contributed by atoms with Gasteiger partial charge in [-0.1, -0.05) is 29.5 Å². The van der Waals surface area contributed by atoms with Crippen molar-refractivity contribution in [3.63, 3.8) is 0 Å². The van der Waals surface area contributed by atoms with Gasteiger partial charge < -0.3 is 5.73 Å². The van der Waals surface area contributed by atoms with Crippen molar-refractivity contribution >= 4 is 11.8 Å². The van der Waals surface area contributed by atoms with Gasteiger partial charge in [0.15, 0.2) is 0 Å². The van der Waals surface area contributed by atoms with E-state index in [0.717, 1.165) is 27.8 Å². The molecule has 0 aliphatic carbocycles. The van der Waals surface area contributed by atoms with Gasteiger partial charge in [0.1, 0.15) is 11.6 Å². The zero-order valence-electron chi connectivity index (χ0n) is 12.4. The van der Waals surface area contributed by atoms with Crippen molar-refractivity contribution in [3.8, 4) is 0 Å². The zero-order chi connectivity index (χ0) is 15.6. The van der Waals surface area contributed by atoms with Gasteiger partial charge in [0.25, 0.3) is 0 Å². The lowest BCUT2D eigenvalue weighted by atomic mass is 10.1. The number of rotatable bonds is 4. The molecule has 0 aromatic heterocycles. The van der Waals surface area contributed by atoms with E-state index in [1.807, 2.05) is 39.0 Å². The normalized spacial score (nSPS) is 12.5. The van der Waals surface area contributed by atoms with E-state index in [-0.39, 0.29) is 10.9 Å². The minimum Gasteiger partial charge on any atom is -0.328 e. The largest absolute Gasteiger partial charge is 0.328 e. The maximum atomic E-state index is 14.2. The Balaban J connectivity index is 2.32. The minimum absolute atomic E-state index is 0.0374. The first kappa shape index (κ1) is 16.0. The molecule has 0 heterocycles. The van der Waals surface area contributed by atoms with Crippen LogP contribution in [0.25, 0.3) is 0 Å². The summed E-state index contributed by atoms with van der Waals surface area (Å²) in [5, 5.41) is 0. The molecule has 0 aliphatic heterocycles. The average molecular weight is 307 g/mol. The van der Waals surface area contributed by atoms with Gasteiger partial charge in [-0.25, -0.2) is 8.78 Å². The molecule has 0 aliphatic rings. The molecule has 0 fully saturated rings. The Bertz CT molecular complexity index is 630. The van der Waals surface area contributed by atoms with Gasteiger partial charge in [0.2, 0.25) is 0 Å². The van der Waals surface area contributed by atoms with Gasteiger partial charge in [0, 0.05) is 10.9 Å². The maximum Gasteiger partial charge on any atom is 0.140 e. The highest BCUT2D eigenvalue weighted by Gasteiger charge is 2.14. The second kappa shape index (κ2) is 6.58. The topological polar surface area (TPSA) is 26.0 Å². The fraction of sp³-hybridized carbons (Fsp3) is 0.294. The van der Waals surface area contributed by atoms with Crippen LogP contribution in [-0.4, -0.2) is 6.04 Å². The van der Waals surface area contributed by atoms with E-state index >= 15 is 0 Å². The van der Waals surface area contributed by atoms with Crippen LogP contribution in [0.2, 0.25) is 0 Å². The molecule has 0 amide bonds. The molecular formula is C17H19F2NS. The van der Waals surface area contributed by atoms with Crippen molar-refractivity contribution in [2.75, 3.05) is 0 Å². The molecule has 0 radical (unpaired) electrons. The Hall–Kier alpha value is -1.39. The number of benzene rings is 2. The fourth-order valence-corrected chi connectivity index (χ4v) is 3.11. The van der Waals surface area contributed by atoms with Crippen molar-refractivity contribution in [1.29, 1.82) is 0 Å². The molecular weight excluding hydrogens is 288 g/mol. The van der Waals surface area contributed by atoms with E-state index in [1.54, 1.807) is 0 Å². The Morgan fingerprint density at radius 3 is 2.24 bits per heavy atom. The van der Waals surface area contributed by atoms with Crippen LogP contribution in [0.3, 0.4) is 0 Å². The Kier molecular flexibility index (Phi) is 5.01. The summed E-state index contributed by atoms with van der Waals surface area (Å²) in [6.45, 7) is 5.75. The Labute approximate surface area is 128 Å². The highest BCUT2D eigenvalue weighted by Crippen LogP contribution is 2.35. The van der Waals surface area contributed by atoms with E-state index < -0.39 is 11.6 Å². The Morgan fingerprint density at radius 1 is 1.10 bits per heavy atom. The molecule has 0 saturated heterocycles. The molecule has 2 aromatic carbocycles. The summed E-state index contributed by atoms with van der Waals surface area (Å²) in [7, 11) is 0. The number of nitrogens with two attached hydrogens (primary N) is 1. The number of hydrogen-bond donors (Lipinski definition) is 1. The zero-order valence-corrected chi connectivity index (χ0v) is 13.2. The van der Waals surface area contributed by atoms with E-state index in [9.17, 15) is 8.78 Å². The third kappa shape index (κ3) is 4.05. The van der Waals surface area contributed by atoms with Crippen LogP contribution in [0.4, 0.5) is 8.78 Å². The van der Waals surface area contributed by atoms with Gasteiger partial charge in [-0.2, -0.15) is 0 Å². The van der Waals surface area contributed by atoms with Crippen LogP contribution in [0, 0.1) is 25.5 Å². The van der Waals surface area contributed by atoms with Crippen molar-refractivity contribution in [2.24, 2.45) is 5.73 Å². The number of aryl methyl sites for hydroxylation is 2. The molecule has 112 valence electrons.